The monoisotopic (exact) mass is 185 g/mol. The Hall–Kier alpha value is -0.570. The smallest absolute Gasteiger partial charge is 0.308 e. The Labute approximate surface area is 79.8 Å². The summed E-state index contributed by atoms with van der Waals surface area (Å²) in [6.45, 7) is 4.26. The van der Waals surface area contributed by atoms with Crippen molar-refractivity contribution in [2.75, 3.05) is 7.11 Å². The molecule has 1 aliphatic carbocycles. The Morgan fingerprint density at radius 1 is 1.46 bits per heavy atom. The summed E-state index contributed by atoms with van der Waals surface area (Å²) in [5.41, 5.74) is 0. The second-order valence-electron chi connectivity index (χ2n) is 4.05. The van der Waals surface area contributed by atoms with Gasteiger partial charge in [0.05, 0.1) is 13.0 Å². The van der Waals surface area contributed by atoms with Gasteiger partial charge < -0.3 is 10.1 Å². The first-order valence-electron chi connectivity index (χ1n) is 4.97. The molecule has 0 bridgehead atoms. The van der Waals surface area contributed by atoms with Gasteiger partial charge in [-0.05, 0) is 19.3 Å². The summed E-state index contributed by atoms with van der Waals surface area (Å²) in [5.74, 6) is 0.0781. The van der Waals surface area contributed by atoms with E-state index in [2.05, 4.69) is 19.2 Å². The van der Waals surface area contributed by atoms with E-state index in [1.54, 1.807) is 0 Å². The van der Waals surface area contributed by atoms with Crippen LogP contribution in [0.15, 0.2) is 0 Å². The van der Waals surface area contributed by atoms with Gasteiger partial charge in [-0.1, -0.05) is 13.8 Å². The summed E-state index contributed by atoms with van der Waals surface area (Å²) in [6, 6.07) is 1.01. The lowest BCUT2D eigenvalue weighted by Gasteiger charge is -2.15. The van der Waals surface area contributed by atoms with Crippen LogP contribution in [0, 0.1) is 5.92 Å². The van der Waals surface area contributed by atoms with Crippen molar-refractivity contribution in [1.82, 2.24) is 5.32 Å². The predicted molar refractivity (Wildman–Crippen MR) is 51.4 cm³/mol. The maximum atomic E-state index is 11.2. The lowest BCUT2D eigenvalue weighted by atomic mass is 10.1. The van der Waals surface area contributed by atoms with Gasteiger partial charge in [0.15, 0.2) is 0 Å². The maximum absolute atomic E-state index is 11.2. The standard InChI is InChI=1S/C10H19NO2/c1-7(2)11-9-5-4-8(6-9)10(12)13-3/h7-9,11H,4-6H2,1-3H3/t8-,9-/m0/s1. The fourth-order valence-corrected chi connectivity index (χ4v) is 1.99. The number of hydrogen-bond donors (Lipinski definition) is 1. The predicted octanol–water partition coefficient (Wildman–Crippen LogP) is 1.33. The molecule has 13 heavy (non-hydrogen) atoms. The summed E-state index contributed by atoms with van der Waals surface area (Å²) >= 11 is 0. The Morgan fingerprint density at radius 3 is 2.69 bits per heavy atom. The van der Waals surface area contributed by atoms with Crippen molar-refractivity contribution < 1.29 is 9.53 Å². The highest BCUT2D eigenvalue weighted by Gasteiger charge is 2.30. The Kier molecular flexibility index (Phi) is 3.72. The van der Waals surface area contributed by atoms with E-state index < -0.39 is 0 Å². The van der Waals surface area contributed by atoms with E-state index in [1.165, 1.54) is 7.11 Å². The van der Waals surface area contributed by atoms with Crippen LogP contribution in [0.3, 0.4) is 0 Å². The SMILES string of the molecule is COC(=O)[C@H]1CC[C@H](NC(C)C)C1. The lowest BCUT2D eigenvalue weighted by Crippen LogP contribution is -2.33. The topological polar surface area (TPSA) is 38.3 Å². The van der Waals surface area contributed by atoms with Crippen molar-refractivity contribution in [2.45, 2.75) is 45.2 Å². The van der Waals surface area contributed by atoms with Gasteiger partial charge in [0.25, 0.3) is 0 Å². The van der Waals surface area contributed by atoms with Crippen molar-refractivity contribution in [3.63, 3.8) is 0 Å². The van der Waals surface area contributed by atoms with Crippen LogP contribution < -0.4 is 5.32 Å². The molecule has 0 unspecified atom stereocenters. The highest BCUT2D eigenvalue weighted by atomic mass is 16.5. The maximum Gasteiger partial charge on any atom is 0.308 e. The largest absolute Gasteiger partial charge is 0.469 e. The molecule has 0 amide bonds. The number of carbonyl (C=O) groups excluding carboxylic acids is 1. The molecule has 1 aliphatic rings. The molecule has 0 aromatic carbocycles. The first-order valence-corrected chi connectivity index (χ1v) is 4.97. The Balaban J connectivity index is 2.32. The zero-order valence-corrected chi connectivity index (χ0v) is 8.67. The van der Waals surface area contributed by atoms with Crippen molar-refractivity contribution >= 4 is 5.97 Å². The van der Waals surface area contributed by atoms with Gasteiger partial charge in [-0.3, -0.25) is 4.79 Å². The Morgan fingerprint density at radius 2 is 2.15 bits per heavy atom. The van der Waals surface area contributed by atoms with E-state index in [0.717, 1.165) is 19.3 Å². The normalized spacial score (nSPS) is 28.0. The third kappa shape index (κ3) is 2.99. The number of methoxy groups -OCH3 is 1. The molecule has 0 aromatic heterocycles. The lowest BCUT2D eigenvalue weighted by molar-refractivity contribution is -0.145. The van der Waals surface area contributed by atoms with Crippen molar-refractivity contribution in [1.29, 1.82) is 0 Å². The third-order valence-corrected chi connectivity index (χ3v) is 2.54. The van der Waals surface area contributed by atoms with Crippen molar-refractivity contribution in [3.05, 3.63) is 0 Å². The van der Waals surface area contributed by atoms with Crippen LogP contribution in [0.5, 0.6) is 0 Å². The van der Waals surface area contributed by atoms with E-state index >= 15 is 0 Å². The molecule has 1 rings (SSSR count). The molecule has 1 fully saturated rings. The van der Waals surface area contributed by atoms with E-state index in [1.807, 2.05) is 0 Å². The fraction of sp³-hybridized carbons (Fsp3) is 0.900. The van der Waals surface area contributed by atoms with Crippen molar-refractivity contribution in [3.8, 4) is 0 Å². The third-order valence-electron chi connectivity index (χ3n) is 2.54. The van der Waals surface area contributed by atoms with Crippen LogP contribution in [0.25, 0.3) is 0 Å². The first kappa shape index (κ1) is 10.5. The van der Waals surface area contributed by atoms with Crippen LogP contribution in [0.1, 0.15) is 33.1 Å². The molecule has 0 saturated heterocycles. The highest BCUT2D eigenvalue weighted by Crippen LogP contribution is 2.26. The van der Waals surface area contributed by atoms with E-state index in [9.17, 15) is 4.79 Å². The molecule has 0 heterocycles. The fourth-order valence-electron chi connectivity index (χ4n) is 1.99. The van der Waals surface area contributed by atoms with Gasteiger partial charge in [-0.25, -0.2) is 0 Å². The number of esters is 1. The van der Waals surface area contributed by atoms with Crippen LogP contribution >= 0.6 is 0 Å². The molecule has 0 aliphatic heterocycles. The first-order chi connectivity index (χ1) is 6.13. The molecule has 1 N–H and O–H groups in total. The summed E-state index contributed by atoms with van der Waals surface area (Å²) in [4.78, 5) is 11.2. The van der Waals surface area contributed by atoms with Crippen molar-refractivity contribution in [2.24, 2.45) is 5.92 Å². The molecule has 0 radical (unpaired) electrons. The van der Waals surface area contributed by atoms with Crippen LogP contribution in [-0.2, 0) is 9.53 Å². The molecular weight excluding hydrogens is 166 g/mol. The zero-order chi connectivity index (χ0) is 9.84. The molecule has 3 nitrogen and oxygen atoms in total. The molecule has 0 aromatic rings. The van der Waals surface area contributed by atoms with Gasteiger partial charge in [-0.15, -0.1) is 0 Å². The van der Waals surface area contributed by atoms with Crippen LogP contribution in [0.2, 0.25) is 0 Å². The minimum Gasteiger partial charge on any atom is -0.469 e. The van der Waals surface area contributed by atoms with Crippen LogP contribution in [-0.4, -0.2) is 25.2 Å². The van der Waals surface area contributed by atoms with Gasteiger partial charge in [0.2, 0.25) is 0 Å². The summed E-state index contributed by atoms with van der Waals surface area (Å²) < 4.78 is 4.72. The van der Waals surface area contributed by atoms with Gasteiger partial charge in [0.1, 0.15) is 0 Å². The molecule has 1 saturated carbocycles. The number of carbonyl (C=O) groups is 1. The second-order valence-corrected chi connectivity index (χ2v) is 4.05. The Bertz CT molecular complexity index is 180. The molecular formula is C10H19NO2. The van der Waals surface area contributed by atoms with E-state index in [-0.39, 0.29) is 11.9 Å². The van der Waals surface area contributed by atoms with Gasteiger partial charge in [-0.2, -0.15) is 0 Å². The van der Waals surface area contributed by atoms with Gasteiger partial charge >= 0.3 is 5.97 Å². The number of nitrogens with one attached hydrogen (secondary N) is 1. The quantitative estimate of drug-likeness (QED) is 0.674. The van der Waals surface area contributed by atoms with Gasteiger partial charge in [0, 0.05) is 12.1 Å². The minimum atomic E-state index is -0.0481. The average molecular weight is 185 g/mol. The number of rotatable bonds is 3. The van der Waals surface area contributed by atoms with E-state index in [4.69, 9.17) is 4.74 Å². The number of hydrogen-bond acceptors (Lipinski definition) is 3. The van der Waals surface area contributed by atoms with E-state index in [0.29, 0.717) is 12.1 Å². The molecule has 0 spiro atoms. The summed E-state index contributed by atoms with van der Waals surface area (Å²) in [7, 11) is 1.46. The zero-order valence-electron chi connectivity index (χ0n) is 8.67. The summed E-state index contributed by atoms with van der Waals surface area (Å²) in [6.07, 6.45) is 3.00. The average Bonchev–Trinajstić information content (AvgIpc) is 2.50. The molecule has 2 atom stereocenters. The number of ether oxygens (including phenoxy) is 1. The summed E-state index contributed by atoms with van der Waals surface area (Å²) in [5, 5.41) is 3.44. The second kappa shape index (κ2) is 4.61. The molecule has 76 valence electrons. The highest BCUT2D eigenvalue weighted by molar-refractivity contribution is 5.72. The molecule has 3 heteroatoms. The van der Waals surface area contributed by atoms with Crippen LogP contribution in [0.4, 0.5) is 0 Å². The minimum absolute atomic E-state index is 0.0481.